The highest BCUT2D eigenvalue weighted by Gasteiger charge is 2.21. The van der Waals surface area contributed by atoms with Gasteiger partial charge in [-0.15, -0.1) is 0 Å². The lowest BCUT2D eigenvalue weighted by molar-refractivity contribution is -0.137. The molecule has 0 unspecified atom stereocenters. The number of nitrogens with one attached hydrogen (secondary N) is 2. The number of aromatic nitrogens is 2. The van der Waals surface area contributed by atoms with Crippen LogP contribution in [0.5, 0.6) is 0 Å². The van der Waals surface area contributed by atoms with E-state index in [1.165, 1.54) is 24.3 Å². The maximum atomic E-state index is 13.1. The molecule has 9 heteroatoms. The van der Waals surface area contributed by atoms with Gasteiger partial charge in [0.25, 0.3) is 11.5 Å². The van der Waals surface area contributed by atoms with Crippen molar-refractivity contribution in [3.8, 4) is 5.69 Å². The van der Waals surface area contributed by atoms with E-state index in [2.05, 4.69) is 10.4 Å². The van der Waals surface area contributed by atoms with E-state index in [1.54, 1.807) is 24.3 Å². The number of nitrogens with zero attached hydrogens (tertiary/aromatic N) is 1. The Kier molecular flexibility index (Phi) is 5.60. The number of carbonyl (C=O) groups is 2. The second-order valence-electron chi connectivity index (χ2n) is 5.97. The van der Waals surface area contributed by atoms with Crippen LogP contribution in [-0.4, -0.2) is 26.8 Å². The van der Waals surface area contributed by atoms with Gasteiger partial charge in [0.2, 0.25) is 0 Å². The predicted molar refractivity (Wildman–Crippen MR) is 100 cm³/mol. The molecule has 0 fully saturated rings. The minimum Gasteiger partial charge on any atom is -0.481 e. The van der Waals surface area contributed by atoms with E-state index in [4.69, 9.17) is 16.7 Å². The molecule has 0 spiro atoms. The fourth-order valence-corrected chi connectivity index (χ4v) is 2.90. The van der Waals surface area contributed by atoms with E-state index < -0.39 is 35.7 Å². The first-order valence-electron chi connectivity index (χ1n) is 8.20. The van der Waals surface area contributed by atoms with Gasteiger partial charge in [-0.2, -0.15) is 0 Å². The SMILES string of the molecule is O=C(O)C[C@H](NC(=O)c1cc(=O)n(-c2ccccc2Cl)[nH]1)c1ccc(F)cc1. The molecule has 1 heterocycles. The molecule has 1 amide bonds. The van der Waals surface area contributed by atoms with Gasteiger partial charge in [0.15, 0.2) is 0 Å². The van der Waals surface area contributed by atoms with Crippen molar-refractivity contribution in [3.05, 3.63) is 87.0 Å². The summed E-state index contributed by atoms with van der Waals surface area (Å²) in [6.45, 7) is 0. The second-order valence-corrected chi connectivity index (χ2v) is 6.38. The standard InChI is InChI=1S/C19H15ClFN3O4/c20-13-3-1-2-4-16(13)24-17(25)9-15(23-24)19(28)22-14(10-18(26)27)11-5-7-12(21)8-6-11/h1-9,14,23H,10H2,(H,22,28)(H,26,27)/t14-/m0/s1. The Morgan fingerprint density at radius 1 is 1.18 bits per heavy atom. The number of carbonyl (C=O) groups excluding carboxylic acids is 1. The molecule has 0 aliphatic carbocycles. The number of aromatic amines is 1. The maximum Gasteiger partial charge on any atom is 0.305 e. The number of carboxylic acids is 1. The third-order valence-corrected chi connectivity index (χ3v) is 4.33. The number of carboxylic acid groups (broad SMARTS) is 1. The topological polar surface area (TPSA) is 104 Å². The summed E-state index contributed by atoms with van der Waals surface area (Å²) in [7, 11) is 0. The Hall–Kier alpha value is -3.39. The van der Waals surface area contributed by atoms with E-state index >= 15 is 0 Å². The molecule has 3 aromatic rings. The highest BCUT2D eigenvalue weighted by Crippen LogP contribution is 2.19. The molecule has 3 rings (SSSR count). The zero-order valence-corrected chi connectivity index (χ0v) is 15.1. The van der Waals surface area contributed by atoms with Crippen LogP contribution in [-0.2, 0) is 4.79 Å². The molecule has 0 aliphatic rings. The summed E-state index contributed by atoms with van der Waals surface area (Å²) in [5, 5.41) is 14.6. The van der Waals surface area contributed by atoms with Gasteiger partial charge in [0.05, 0.1) is 23.2 Å². The molecule has 0 bridgehead atoms. The van der Waals surface area contributed by atoms with Gasteiger partial charge in [-0.25, -0.2) is 9.07 Å². The molecular weight excluding hydrogens is 389 g/mol. The van der Waals surface area contributed by atoms with Gasteiger partial charge < -0.3 is 10.4 Å². The van der Waals surface area contributed by atoms with Gasteiger partial charge in [0, 0.05) is 6.07 Å². The maximum absolute atomic E-state index is 13.1. The van der Waals surface area contributed by atoms with Crippen molar-refractivity contribution in [1.82, 2.24) is 15.1 Å². The minimum absolute atomic E-state index is 0.0672. The Labute approximate surface area is 163 Å². The van der Waals surface area contributed by atoms with Gasteiger partial charge >= 0.3 is 5.97 Å². The smallest absolute Gasteiger partial charge is 0.305 e. The normalized spacial score (nSPS) is 11.8. The molecule has 1 aromatic heterocycles. The fraction of sp³-hybridized carbons (Fsp3) is 0.105. The summed E-state index contributed by atoms with van der Waals surface area (Å²) in [5.41, 5.74) is 0.219. The number of aliphatic carboxylic acids is 1. The summed E-state index contributed by atoms with van der Waals surface area (Å²) in [5.74, 6) is -2.31. The van der Waals surface area contributed by atoms with Gasteiger partial charge in [-0.05, 0) is 29.8 Å². The summed E-state index contributed by atoms with van der Waals surface area (Å²) in [4.78, 5) is 35.9. The molecule has 0 saturated heterocycles. The van der Waals surface area contributed by atoms with Crippen molar-refractivity contribution in [3.63, 3.8) is 0 Å². The summed E-state index contributed by atoms with van der Waals surface area (Å²) in [6, 6.07) is 11.9. The number of halogens is 2. The van der Waals surface area contributed by atoms with Crippen molar-refractivity contribution < 1.29 is 19.1 Å². The number of H-pyrrole nitrogens is 1. The number of rotatable bonds is 6. The largest absolute Gasteiger partial charge is 0.481 e. The van der Waals surface area contributed by atoms with Crippen molar-refractivity contribution in [1.29, 1.82) is 0 Å². The third-order valence-electron chi connectivity index (χ3n) is 4.01. The number of para-hydroxylation sites is 1. The molecule has 1 atom stereocenters. The van der Waals surface area contributed by atoms with Gasteiger partial charge in [-0.1, -0.05) is 35.9 Å². The van der Waals surface area contributed by atoms with Crippen LogP contribution in [0.2, 0.25) is 5.02 Å². The molecular formula is C19H15ClFN3O4. The van der Waals surface area contributed by atoms with Crippen LogP contribution in [0.15, 0.2) is 59.4 Å². The zero-order chi connectivity index (χ0) is 20.3. The van der Waals surface area contributed by atoms with E-state index in [0.717, 1.165) is 10.7 Å². The summed E-state index contributed by atoms with van der Waals surface area (Å²) in [6.07, 6.45) is -0.410. The highest BCUT2D eigenvalue weighted by molar-refractivity contribution is 6.32. The second kappa shape index (κ2) is 8.10. The molecule has 7 nitrogen and oxygen atoms in total. The quantitative estimate of drug-likeness (QED) is 0.588. The molecule has 28 heavy (non-hydrogen) atoms. The molecule has 144 valence electrons. The summed E-state index contributed by atoms with van der Waals surface area (Å²) < 4.78 is 14.2. The van der Waals surface area contributed by atoms with Gasteiger partial charge in [-0.3, -0.25) is 19.5 Å². The first kappa shape index (κ1) is 19.4. The fourth-order valence-electron chi connectivity index (χ4n) is 2.68. The first-order valence-corrected chi connectivity index (χ1v) is 8.58. The number of amides is 1. The molecule has 0 saturated carbocycles. The van der Waals surface area contributed by atoms with Crippen LogP contribution >= 0.6 is 11.6 Å². The van der Waals surface area contributed by atoms with Crippen LogP contribution in [0.4, 0.5) is 4.39 Å². The van der Waals surface area contributed by atoms with Gasteiger partial charge in [0.1, 0.15) is 11.5 Å². The van der Waals surface area contributed by atoms with Crippen molar-refractivity contribution in [2.45, 2.75) is 12.5 Å². The Bertz CT molecular complexity index is 1080. The first-order chi connectivity index (χ1) is 13.3. The van der Waals surface area contributed by atoms with Crippen LogP contribution in [0.3, 0.4) is 0 Å². The Balaban J connectivity index is 1.87. The molecule has 3 N–H and O–H groups in total. The Morgan fingerprint density at radius 3 is 2.50 bits per heavy atom. The average molecular weight is 404 g/mol. The van der Waals surface area contributed by atoms with Crippen molar-refractivity contribution in [2.75, 3.05) is 0 Å². The zero-order valence-electron chi connectivity index (χ0n) is 14.4. The van der Waals surface area contributed by atoms with Crippen LogP contribution in [0.1, 0.15) is 28.5 Å². The lowest BCUT2D eigenvalue weighted by Crippen LogP contribution is -2.30. The van der Waals surface area contributed by atoms with Crippen molar-refractivity contribution in [2.24, 2.45) is 0 Å². The van der Waals surface area contributed by atoms with Crippen molar-refractivity contribution >= 4 is 23.5 Å². The monoisotopic (exact) mass is 403 g/mol. The Morgan fingerprint density at radius 2 is 1.86 bits per heavy atom. The molecule has 0 radical (unpaired) electrons. The minimum atomic E-state index is -1.14. The number of benzene rings is 2. The number of hydrogen-bond acceptors (Lipinski definition) is 3. The van der Waals surface area contributed by atoms with E-state index in [0.29, 0.717) is 16.3 Å². The summed E-state index contributed by atoms with van der Waals surface area (Å²) >= 11 is 6.08. The van der Waals surface area contributed by atoms with Crippen LogP contribution < -0.4 is 10.9 Å². The van der Waals surface area contributed by atoms with Crippen LogP contribution in [0, 0.1) is 5.82 Å². The van der Waals surface area contributed by atoms with E-state index in [1.807, 2.05) is 0 Å². The van der Waals surface area contributed by atoms with Crippen LogP contribution in [0.25, 0.3) is 5.69 Å². The average Bonchev–Trinajstić information content (AvgIpc) is 3.03. The third kappa shape index (κ3) is 4.29. The molecule has 2 aromatic carbocycles. The highest BCUT2D eigenvalue weighted by atomic mass is 35.5. The van der Waals surface area contributed by atoms with E-state index in [9.17, 15) is 18.8 Å². The molecule has 0 aliphatic heterocycles. The number of hydrogen-bond donors (Lipinski definition) is 3. The lowest BCUT2D eigenvalue weighted by Gasteiger charge is -2.17. The predicted octanol–water partition coefficient (Wildman–Crippen LogP) is 2.90. The van der Waals surface area contributed by atoms with E-state index in [-0.39, 0.29) is 5.69 Å². The lowest BCUT2D eigenvalue weighted by atomic mass is 10.0.